The van der Waals surface area contributed by atoms with Gasteiger partial charge in [-0.05, 0) is 138 Å². The maximum absolute atomic E-state index is 2.42. The van der Waals surface area contributed by atoms with Gasteiger partial charge in [0.15, 0.2) is 0 Å². The van der Waals surface area contributed by atoms with E-state index in [9.17, 15) is 0 Å². The molecular formula is C68H46N2. The van der Waals surface area contributed by atoms with E-state index in [0.29, 0.717) is 0 Å². The van der Waals surface area contributed by atoms with Crippen LogP contribution in [0.3, 0.4) is 0 Å². The van der Waals surface area contributed by atoms with Crippen LogP contribution < -0.4 is 4.90 Å². The van der Waals surface area contributed by atoms with E-state index < -0.39 is 0 Å². The van der Waals surface area contributed by atoms with Gasteiger partial charge in [0.2, 0.25) is 0 Å². The highest BCUT2D eigenvalue weighted by atomic mass is 15.1. The average molecular weight is 891 g/mol. The fraction of sp³-hybridized carbons (Fsp3) is 0. The second-order valence-electron chi connectivity index (χ2n) is 18.1. The molecule has 13 rings (SSSR count). The number of rotatable bonds is 9. The number of hydrogen-bond acceptors (Lipinski definition) is 1. The maximum atomic E-state index is 2.42. The van der Waals surface area contributed by atoms with Crippen molar-refractivity contribution in [3.63, 3.8) is 0 Å². The van der Waals surface area contributed by atoms with E-state index in [2.05, 4.69) is 289 Å². The Labute approximate surface area is 408 Å². The Morgan fingerprint density at radius 2 is 0.714 bits per heavy atom. The maximum Gasteiger partial charge on any atom is 0.0553 e. The molecule has 12 aromatic carbocycles. The van der Waals surface area contributed by atoms with Crippen LogP contribution in [0.4, 0.5) is 17.1 Å². The standard InChI is InChI=1S/C68H46N2/c1-3-15-47(16-4-1)48-29-31-49(32-30-48)51-37-41-58(42-38-51)69(59-43-39-52(40-44-59)50-33-35-54(36-34-50)62-27-14-19-53-17-7-9-24-61(53)62)60-23-13-20-56(45-60)67-63-25-10-8-18-55(63)46-66-68(67)64-26-11-12-28-65(64)70(66)57-21-5-2-6-22-57/h1-46H. The highest BCUT2D eigenvalue weighted by molar-refractivity contribution is 6.23. The first-order valence-corrected chi connectivity index (χ1v) is 24.1. The molecule has 0 aliphatic carbocycles. The fourth-order valence-electron chi connectivity index (χ4n) is 10.6. The first-order chi connectivity index (χ1) is 34.7. The molecule has 0 N–H and O–H groups in total. The van der Waals surface area contributed by atoms with Crippen LogP contribution in [0.1, 0.15) is 0 Å². The first-order valence-electron chi connectivity index (χ1n) is 24.1. The number of anilines is 3. The van der Waals surface area contributed by atoms with Crippen LogP contribution >= 0.6 is 0 Å². The third-order valence-corrected chi connectivity index (χ3v) is 14.0. The van der Waals surface area contributed by atoms with Crippen LogP contribution in [-0.4, -0.2) is 4.57 Å². The number of aromatic nitrogens is 1. The average Bonchev–Trinajstić information content (AvgIpc) is 3.77. The zero-order chi connectivity index (χ0) is 46.4. The Hall–Kier alpha value is -9.24. The Kier molecular flexibility index (Phi) is 10.2. The van der Waals surface area contributed by atoms with Gasteiger partial charge < -0.3 is 9.47 Å². The molecule has 0 aliphatic heterocycles. The van der Waals surface area contributed by atoms with Crippen LogP contribution in [0.25, 0.3) is 105 Å². The van der Waals surface area contributed by atoms with Gasteiger partial charge in [-0.2, -0.15) is 0 Å². The Morgan fingerprint density at radius 1 is 0.257 bits per heavy atom. The fourth-order valence-corrected chi connectivity index (χ4v) is 10.6. The molecule has 0 fully saturated rings. The minimum absolute atomic E-state index is 1.08. The van der Waals surface area contributed by atoms with E-state index in [1.54, 1.807) is 0 Å². The molecule has 2 nitrogen and oxygen atoms in total. The molecule has 2 heteroatoms. The van der Waals surface area contributed by atoms with Crippen molar-refractivity contribution in [2.45, 2.75) is 0 Å². The molecule has 13 aromatic rings. The van der Waals surface area contributed by atoms with Gasteiger partial charge in [-0.15, -0.1) is 0 Å². The van der Waals surface area contributed by atoms with E-state index in [-0.39, 0.29) is 0 Å². The van der Waals surface area contributed by atoms with E-state index >= 15 is 0 Å². The summed E-state index contributed by atoms with van der Waals surface area (Å²) < 4.78 is 2.42. The lowest BCUT2D eigenvalue weighted by Crippen LogP contribution is -2.10. The van der Waals surface area contributed by atoms with Gasteiger partial charge in [-0.3, -0.25) is 0 Å². The Bertz CT molecular complexity index is 4000. The van der Waals surface area contributed by atoms with E-state index in [1.807, 2.05) is 0 Å². The SMILES string of the molecule is c1ccc(-c2ccc(-c3ccc(N(c4ccc(-c5ccc(-c6cccc7ccccc67)cc5)cc4)c4cccc(-c5c6ccccc6cc6c5c5ccccc5n6-c5ccccc5)c4)cc3)cc2)cc1. The van der Waals surface area contributed by atoms with Crippen LogP contribution in [0.2, 0.25) is 0 Å². The van der Waals surface area contributed by atoms with Crippen molar-refractivity contribution in [2.75, 3.05) is 4.90 Å². The summed E-state index contributed by atoms with van der Waals surface area (Å²) in [6.45, 7) is 0. The topological polar surface area (TPSA) is 8.17 Å². The number of hydrogen-bond donors (Lipinski definition) is 0. The predicted octanol–water partition coefficient (Wildman–Crippen LogP) is 18.9. The van der Waals surface area contributed by atoms with Crippen molar-refractivity contribution in [1.82, 2.24) is 4.57 Å². The zero-order valence-electron chi connectivity index (χ0n) is 38.5. The van der Waals surface area contributed by atoms with Crippen molar-refractivity contribution < 1.29 is 0 Å². The summed E-state index contributed by atoms with van der Waals surface area (Å²) in [7, 11) is 0. The number of nitrogens with zero attached hydrogens (tertiary/aromatic N) is 2. The molecule has 1 aromatic heterocycles. The monoisotopic (exact) mass is 890 g/mol. The number of benzene rings is 12. The molecule has 0 saturated carbocycles. The van der Waals surface area contributed by atoms with Crippen LogP contribution in [-0.2, 0) is 0 Å². The van der Waals surface area contributed by atoms with Crippen molar-refractivity contribution in [3.05, 3.63) is 279 Å². The van der Waals surface area contributed by atoms with Gasteiger partial charge in [0.05, 0.1) is 11.0 Å². The lowest BCUT2D eigenvalue weighted by molar-refractivity contribution is 1.18. The molecule has 0 unspecified atom stereocenters. The van der Waals surface area contributed by atoms with Gasteiger partial charge in [-0.1, -0.05) is 218 Å². The van der Waals surface area contributed by atoms with Crippen molar-refractivity contribution >= 4 is 60.4 Å². The lowest BCUT2D eigenvalue weighted by Gasteiger charge is -2.27. The molecule has 0 radical (unpaired) electrons. The quantitative estimate of drug-likeness (QED) is 0.140. The predicted molar refractivity (Wildman–Crippen MR) is 298 cm³/mol. The summed E-state index contributed by atoms with van der Waals surface area (Å²) in [5.74, 6) is 0. The third-order valence-electron chi connectivity index (χ3n) is 14.0. The Balaban J connectivity index is 0.927. The molecular weight excluding hydrogens is 845 g/mol. The van der Waals surface area contributed by atoms with Crippen molar-refractivity contribution in [2.24, 2.45) is 0 Å². The van der Waals surface area contributed by atoms with Gasteiger partial charge >= 0.3 is 0 Å². The minimum Gasteiger partial charge on any atom is -0.310 e. The number of fused-ring (bicyclic) bond motifs is 5. The van der Waals surface area contributed by atoms with Gasteiger partial charge in [0.1, 0.15) is 0 Å². The summed E-state index contributed by atoms with van der Waals surface area (Å²) >= 11 is 0. The third kappa shape index (κ3) is 7.31. The number of para-hydroxylation sites is 2. The van der Waals surface area contributed by atoms with Crippen molar-refractivity contribution in [3.8, 4) is 61.3 Å². The highest BCUT2D eigenvalue weighted by Crippen LogP contribution is 2.45. The smallest absolute Gasteiger partial charge is 0.0553 e. The molecule has 0 amide bonds. The van der Waals surface area contributed by atoms with Gasteiger partial charge in [0.25, 0.3) is 0 Å². The highest BCUT2D eigenvalue weighted by Gasteiger charge is 2.21. The Morgan fingerprint density at radius 3 is 1.36 bits per heavy atom. The summed E-state index contributed by atoms with van der Waals surface area (Å²) in [6.07, 6.45) is 0. The molecule has 0 aliphatic rings. The molecule has 0 bridgehead atoms. The van der Waals surface area contributed by atoms with Crippen LogP contribution in [0.5, 0.6) is 0 Å². The van der Waals surface area contributed by atoms with E-state index in [0.717, 1.165) is 22.7 Å². The largest absolute Gasteiger partial charge is 0.310 e. The molecule has 1 heterocycles. The zero-order valence-corrected chi connectivity index (χ0v) is 38.5. The molecule has 0 saturated heterocycles. The summed E-state index contributed by atoms with van der Waals surface area (Å²) in [5.41, 5.74) is 18.8. The molecule has 0 atom stereocenters. The summed E-state index contributed by atoms with van der Waals surface area (Å²) in [6, 6.07) is 102. The molecule has 70 heavy (non-hydrogen) atoms. The lowest BCUT2D eigenvalue weighted by atomic mass is 9.92. The molecule has 328 valence electrons. The normalized spacial score (nSPS) is 11.4. The summed E-state index contributed by atoms with van der Waals surface area (Å²) in [4.78, 5) is 2.40. The second kappa shape index (κ2) is 17.4. The van der Waals surface area contributed by atoms with E-state index in [4.69, 9.17) is 0 Å². The first kappa shape index (κ1) is 41.0. The van der Waals surface area contributed by atoms with Gasteiger partial charge in [-0.25, -0.2) is 0 Å². The van der Waals surface area contributed by atoms with Crippen molar-refractivity contribution in [1.29, 1.82) is 0 Å². The summed E-state index contributed by atoms with van der Waals surface area (Å²) in [5, 5.41) is 7.44. The van der Waals surface area contributed by atoms with E-state index in [1.165, 1.54) is 99.0 Å². The van der Waals surface area contributed by atoms with Crippen LogP contribution in [0.15, 0.2) is 279 Å². The van der Waals surface area contributed by atoms with Gasteiger partial charge in [0, 0.05) is 33.5 Å². The second-order valence-corrected chi connectivity index (χ2v) is 18.1. The molecule has 0 spiro atoms. The minimum atomic E-state index is 1.08. The van der Waals surface area contributed by atoms with Crippen LogP contribution in [0, 0.1) is 0 Å².